The minimum absolute atomic E-state index is 0.0272. The zero-order valence-corrected chi connectivity index (χ0v) is 15.2. The van der Waals surface area contributed by atoms with E-state index in [2.05, 4.69) is 0 Å². The van der Waals surface area contributed by atoms with Crippen LogP contribution < -0.4 is 0 Å². The Kier molecular flexibility index (Phi) is 4.76. The van der Waals surface area contributed by atoms with Gasteiger partial charge in [0.25, 0.3) is 5.91 Å². The molecule has 1 aromatic heterocycles. The van der Waals surface area contributed by atoms with Gasteiger partial charge in [0.05, 0.1) is 11.4 Å². The zero-order valence-electron chi connectivity index (χ0n) is 14.4. The van der Waals surface area contributed by atoms with Crippen molar-refractivity contribution in [2.75, 3.05) is 13.1 Å². The fraction of sp³-hybridized carbons (Fsp3) is 0.238. The number of rotatable bonds is 3. The molecule has 4 nitrogen and oxygen atoms in total. The van der Waals surface area contributed by atoms with E-state index in [1.54, 1.807) is 4.68 Å². The fourth-order valence-electron chi connectivity index (χ4n) is 3.35. The Morgan fingerprint density at radius 3 is 2.42 bits per heavy atom. The molecule has 0 aliphatic carbocycles. The van der Waals surface area contributed by atoms with Crippen LogP contribution in [-0.4, -0.2) is 33.7 Å². The third-order valence-corrected chi connectivity index (χ3v) is 4.93. The lowest BCUT2D eigenvalue weighted by molar-refractivity contribution is 0.0715. The summed E-state index contributed by atoms with van der Waals surface area (Å²) in [6.45, 7) is 1.61. The Morgan fingerprint density at radius 2 is 1.69 bits per heavy atom. The molecule has 1 amide bonds. The molecule has 132 valence electrons. The van der Waals surface area contributed by atoms with Crippen LogP contribution in [0.5, 0.6) is 0 Å². The number of halogens is 1. The summed E-state index contributed by atoms with van der Waals surface area (Å²) < 4.78 is 1.71. The molecule has 1 aliphatic rings. The monoisotopic (exact) mass is 365 g/mol. The zero-order chi connectivity index (χ0) is 17.9. The summed E-state index contributed by atoms with van der Waals surface area (Å²) in [5.74, 6) is 0.0272. The van der Waals surface area contributed by atoms with Gasteiger partial charge in [-0.1, -0.05) is 48.0 Å². The summed E-state index contributed by atoms with van der Waals surface area (Å²) in [5, 5.41) is 5.34. The summed E-state index contributed by atoms with van der Waals surface area (Å²) in [6.07, 6.45) is 3.30. The molecular weight excluding hydrogens is 346 g/mol. The molecule has 3 aromatic rings. The molecule has 5 heteroatoms. The predicted octanol–water partition coefficient (Wildman–Crippen LogP) is 4.82. The number of carbonyl (C=O) groups excluding carboxylic acids is 1. The second-order valence-corrected chi connectivity index (χ2v) is 6.96. The minimum atomic E-state index is 0.0272. The molecule has 0 bridgehead atoms. The van der Waals surface area contributed by atoms with Crippen LogP contribution in [-0.2, 0) is 0 Å². The first-order chi connectivity index (χ1) is 12.7. The predicted molar refractivity (Wildman–Crippen MR) is 104 cm³/mol. The highest BCUT2D eigenvalue weighted by Gasteiger charge is 2.24. The maximum Gasteiger partial charge on any atom is 0.272 e. The standard InChI is InChI=1S/C21H20ClN3O/c22-17-10-7-11-18(14-17)25-20(21(26)24-12-5-2-6-13-24)15-19(23-25)16-8-3-1-4-9-16/h1,3-4,7-11,14-15H,2,5-6,12-13H2. The molecule has 0 radical (unpaired) electrons. The number of nitrogens with zero attached hydrogens (tertiary/aromatic N) is 3. The van der Waals surface area contributed by atoms with Gasteiger partial charge in [0.1, 0.15) is 5.69 Å². The van der Waals surface area contributed by atoms with Crippen molar-refractivity contribution in [3.05, 3.63) is 71.4 Å². The van der Waals surface area contributed by atoms with Crippen LogP contribution in [0.3, 0.4) is 0 Å². The lowest BCUT2D eigenvalue weighted by Crippen LogP contribution is -2.36. The number of benzene rings is 2. The highest BCUT2D eigenvalue weighted by molar-refractivity contribution is 6.30. The van der Waals surface area contributed by atoms with E-state index in [4.69, 9.17) is 16.7 Å². The topological polar surface area (TPSA) is 38.1 Å². The first-order valence-corrected chi connectivity index (χ1v) is 9.31. The number of likely N-dealkylation sites (tertiary alicyclic amines) is 1. The summed E-state index contributed by atoms with van der Waals surface area (Å²) in [4.78, 5) is 15.1. The number of amides is 1. The number of aromatic nitrogens is 2. The SMILES string of the molecule is O=C(c1cc(-c2ccccc2)nn1-c1cccc(Cl)c1)N1CCCCC1. The summed E-state index contributed by atoms with van der Waals surface area (Å²) in [7, 11) is 0. The van der Waals surface area contributed by atoms with Gasteiger partial charge in [-0.25, -0.2) is 4.68 Å². The largest absolute Gasteiger partial charge is 0.337 e. The van der Waals surface area contributed by atoms with E-state index in [1.165, 1.54) is 6.42 Å². The highest BCUT2D eigenvalue weighted by atomic mass is 35.5. The van der Waals surface area contributed by atoms with Crippen molar-refractivity contribution in [2.45, 2.75) is 19.3 Å². The molecule has 0 atom stereocenters. The van der Waals surface area contributed by atoms with Crippen LogP contribution in [0.4, 0.5) is 0 Å². The van der Waals surface area contributed by atoms with Crippen molar-refractivity contribution in [2.24, 2.45) is 0 Å². The van der Waals surface area contributed by atoms with E-state index in [0.29, 0.717) is 10.7 Å². The first-order valence-electron chi connectivity index (χ1n) is 8.93. The Hall–Kier alpha value is -2.59. The Bertz CT molecular complexity index is 914. The van der Waals surface area contributed by atoms with Gasteiger partial charge in [-0.2, -0.15) is 5.10 Å². The van der Waals surface area contributed by atoms with Crippen molar-refractivity contribution in [3.63, 3.8) is 0 Å². The maximum absolute atomic E-state index is 13.2. The van der Waals surface area contributed by atoms with Crippen LogP contribution in [0.1, 0.15) is 29.8 Å². The molecule has 0 spiro atoms. The molecule has 1 saturated heterocycles. The maximum atomic E-state index is 13.2. The van der Waals surface area contributed by atoms with Gasteiger partial charge in [0, 0.05) is 23.7 Å². The lowest BCUT2D eigenvalue weighted by Gasteiger charge is -2.26. The molecule has 2 aromatic carbocycles. The lowest BCUT2D eigenvalue weighted by atomic mass is 10.1. The highest BCUT2D eigenvalue weighted by Crippen LogP contribution is 2.24. The van der Waals surface area contributed by atoms with Gasteiger partial charge in [-0.3, -0.25) is 4.79 Å². The molecule has 4 rings (SSSR count). The van der Waals surface area contributed by atoms with E-state index in [9.17, 15) is 4.79 Å². The first kappa shape index (κ1) is 16.9. The summed E-state index contributed by atoms with van der Waals surface area (Å²) in [5.41, 5.74) is 3.14. The second kappa shape index (κ2) is 7.34. The van der Waals surface area contributed by atoms with Crippen LogP contribution >= 0.6 is 11.6 Å². The van der Waals surface area contributed by atoms with Gasteiger partial charge >= 0.3 is 0 Å². The van der Waals surface area contributed by atoms with Gasteiger partial charge in [-0.05, 0) is 43.5 Å². The third kappa shape index (κ3) is 3.37. The third-order valence-electron chi connectivity index (χ3n) is 4.69. The van der Waals surface area contributed by atoms with Crippen LogP contribution in [0.25, 0.3) is 16.9 Å². The quantitative estimate of drug-likeness (QED) is 0.667. The normalized spacial score (nSPS) is 14.4. The van der Waals surface area contributed by atoms with E-state index >= 15 is 0 Å². The number of hydrogen-bond acceptors (Lipinski definition) is 2. The number of piperidine rings is 1. The number of carbonyl (C=O) groups is 1. The fourth-order valence-corrected chi connectivity index (χ4v) is 3.53. The summed E-state index contributed by atoms with van der Waals surface area (Å²) >= 11 is 6.16. The van der Waals surface area contributed by atoms with E-state index < -0.39 is 0 Å². The molecular formula is C21H20ClN3O. The Labute approximate surface area is 158 Å². The van der Waals surface area contributed by atoms with Crippen molar-refractivity contribution >= 4 is 17.5 Å². The minimum Gasteiger partial charge on any atom is -0.337 e. The Morgan fingerprint density at radius 1 is 0.923 bits per heavy atom. The molecule has 26 heavy (non-hydrogen) atoms. The van der Waals surface area contributed by atoms with Gasteiger partial charge in [0.15, 0.2) is 0 Å². The van der Waals surface area contributed by atoms with Gasteiger partial charge in [0.2, 0.25) is 0 Å². The van der Waals surface area contributed by atoms with Crippen LogP contribution in [0.15, 0.2) is 60.7 Å². The van der Waals surface area contributed by atoms with Crippen LogP contribution in [0, 0.1) is 0 Å². The molecule has 0 N–H and O–H groups in total. The Balaban J connectivity index is 1.80. The van der Waals surface area contributed by atoms with Crippen molar-refractivity contribution in [1.29, 1.82) is 0 Å². The molecule has 0 saturated carbocycles. The average molecular weight is 366 g/mol. The van der Waals surface area contributed by atoms with Crippen molar-refractivity contribution in [1.82, 2.24) is 14.7 Å². The van der Waals surface area contributed by atoms with E-state index in [1.807, 2.05) is 65.6 Å². The summed E-state index contributed by atoms with van der Waals surface area (Å²) in [6, 6.07) is 19.2. The van der Waals surface area contributed by atoms with Crippen LogP contribution in [0.2, 0.25) is 5.02 Å². The number of hydrogen-bond donors (Lipinski definition) is 0. The van der Waals surface area contributed by atoms with Gasteiger partial charge in [-0.15, -0.1) is 0 Å². The molecule has 1 aliphatic heterocycles. The second-order valence-electron chi connectivity index (χ2n) is 6.53. The van der Waals surface area contributed by atoms with Crippen molar-refractivity contribution in [3.8, 4) is 16.9 Å². The smallest absolute Gasteiger partial charge is 0.272 e. The van der Waals surface area contributed by atoms with Gasteiger partial charge < -0.3 is 4.90 Å². The van der Waals surface area contributed by atoms with Crippen molar-refractivity contribution < 1.29 is 4.79 Å². The molecule has 2 heterocycles. The molecule has 0 unspecified atom stereocenters. The van der Waals surface area contributed by atoms with E-state index in [-0.39, 0.29) is 5.91 Å². The average Bonchev–Trinajstić information content (AvgIpc) is 3.14. The van der Waals surface area contributed by atoms with E-state index in [0.717, 1.165) is 42.9 Å². The molecule has 1 fully saturated rings.